The first-order valence-corrected chi connectivity index (χ1v) is 5.94. The number of carboxylic acids is 2. The molecule has 0 N–H and O–H groups in total. The van der Waals surface area contributed by atoms with Crippen molar-refractivity contribution in [3.63, 3.8) is 0 Å². The summed E-state index contributed by atoms with van der Waals surface area (Å²) in [5.74, 6) is -2.28. The van der Waals surface area contributed by atoms with Crippen LogP contribution in [0.15, 0.2) is 0 Å². The molecule has 16 heavy (non-hydrogen) atoms. The van der Waals surface area contributed by atoms with Gasteiger partial charge in [0.15, 0.2) is 0 Å². The van der Waals surface area contributed by atoms with Crippen LogP contribution in [0.5, 0.6) is 0 Å². The molecule has 96 valence electrons. The van der Waals surface area contributed by atoms with E-state index >= 15 is 0 Å². The van der Waals surface area contributed by atoms with Crippen LogP contribution in [0.4, 0.5) is 0 Å². The smallest absolute Gasteiger partial charge is 0.0414 e. The fraction of sp³-hybridized carbons (Fsp3) is 0.833. The van der Waals surface area contributed by atoms with Crippen molar-refractivity contribution in [2.45, 2.75) is 65.2 Å². The second-order valence-electron chi connectivity index (χ2n) is 3.66. The summed E-state index contributed by atoms with van der Waals surface area (Å²) in [4.78, 5) is 19.5. The number of carboxylic acid groups (broad SMARTS) is 2. The Bertz CT molecular complexity index is 158. The molecule has 0 aliphatic carbocycles. The van der Waals surface area contributed by atoms with Gasteiger partial charge in [0.1, 0.15) is 0 Å². The maximum atomic E-state index is 9.77. The summed E-state index contributed by atoms with van der Waals surface area (Å²) in [6.45, 7) is 4.46. The van der Waals surface area contributed by atoms with Crippen LogP contribution in [0.2, 0.25) is 0 Å². The molecular weight excluding hydrogens is 208 g/mol. The van der Waals surface area contributed by atoms with Crippen LogP contribution < -0.4 is 10.2 Å². The maximum absolute atomic E-state index is 9.77. The zero-order chi connectivity index (χ0) is 12.8. The number of hydrogen-bond donors (Lipinski definition) is 0. The predicted molar refractivity (Wildman–Crippen MR) is 58.3 cm³/mol. The lowest BCUT2D eigenvalue weighted by molar-refractivity contribution is -0.308. The van der Waals surface area contributed by atoms with Crippen LogP contribution in [0.25, 0.3) is 0 Å². The Labute approximate surface area is 97.7 Å². The molecule has 0 heterocycles. The Morgan fingerprint density at radius 3 is 1.25 bits per heavy atom. The molecular formula is C12H22O4-2. The summed E-state index contributed by atoms with van der Waals surface area (Å²) in [5.41, 5.74) is 0. The van der Waals surface area contributed by atoms with Gasteiger partial charge in [-0.1, -0.05) is 39.5 Å². The zero-order valence-electron chi connectivity index (χ0n) is 10.3. The predicted octanol–water partition coefficient (Wildman–Crippen LogP) is 0.633. The normalized spacial score (nSPS) is 9.12. The monoisotopic (exact) mass is 230 g/mol. The largest absolute Gasteiger partial charge is 0.550 e. The van der Waals surface area contributed by atoms with Crippen molar-refractivity contribution < 1.29 is 19.8 Å². The third-order valence-corrected chi connectivity index (χ3v) is 1.97. The van der Waals surface area contributed by atoms with E-state index in [4.69, 9.17) is 0 Å². The molecule has 0 unspecified atom stereocenters. The van der Waals surface area contributed by atoms with Gasteiger partial charge in [0.25, 0.3) is 0 Å². The average molecular weight is 230 g/mol. The first-order chi connectivity index (χ1) is 7.54. The van der Waals surface area contributed by atoms with Crippen LogP contribution >= 0.6 is 0 Å². The summed E-state index contributed by atoms with van der Waals surface area (Å²) in [7, 11) is 0. The van der Waals surface area contributed by atoms with Crippen LogP contribution in [-0.4, -0.2) is 11.9 Å². The van der Waals surface area contributed by atoms with Gasteiger partial charge < -0.3 is 19.8 Å². The Kier molecular flexibility index (Phi) is 15.1. The Morgan fingerprint density at radius 2 is 1.06 bits per heavy atom. The standard InChI is InChI=1S/C6H10O4.C6H14/c7-5(8)3-1-2-4-6(9)10;1-3-5-6-4-2/h1-4H2,(H,7,8)(H,9,10);3-6H2,1-2H3/p-2. The molecule has 0 saturated carbocycles. The fourth-order valence-electron chi connectivity index (χ4n) is 1.04. The minimum Gasteiger partial charge on any atom is -0.550 e. The second kappa shape index (κ2) is 13.9. The van der Waals surface area contributed by atoms with E-state index in [0.29, 0.717) is 12.8 Å². The minimum atomic E-state index is -1.14. The van der Waals surface area contributed by atoms with Crippen LogP contribution in [0.1, 0.15) is 65.2 Å². The van der Waals surface area contributed by atoms with E-state index in [1.54, 1.807) is 0 Å². The van der Waals surface area contributed by atoms with Crippen molar-refractivity contribution in [2.75, 3.05) is 0 Å². The molecule has 0 aromatic heterocycles. The van der Waals surface area contributed by atoms with E-state index in [9.17, 15) is 19.8 Å². The van der Waals surface area contributed by atoms with Gasteiger partial charge in [-0.05, 0) is 25.7 Å². The Morgan fingerprint density at radius 1 is 0.750 bits per heavy atom. The highest BCUT2D eigenvalue weighted by Crippen LogP contribution is 1.97. The summed E-state index contributed by atoms with van der Waals surface area (Å²) in [5, 5.41) is 19.5. The third-order valence-electron chi connectivity index (χ3n) is 1.97. The molecule has 4 heteroatoms. The van der Waals surface area contributed by atoms with Crippen molar-refractivity contribution in [1.29, 1.82) is 0 Å². The Hall–Kier alpha value is -1.06. The summed E-state index contributed by atoms with van der Waals surface area (Å²) in [6.07, 6.45) is 6.07. The van der Waals surface area contributed by atoms with Gasteiger partial charge in [-0.3, -0.25) is 0 Å². The van der Waals surface area contributed by atoms with Crippen molar-refractivity contribution in [1.82, 2.24) is 0 Å². The first kappa shape index (κ1) is 17.3. The third kappa shape index (κ3) is 23.1. The highest BCUT2D eigenvalue weighted by Gasteiger charge is 1.89. The molecule has 0 saturated heterocycles. The van der Waals surface area contributed by atoms with Gasteiger partial charge in [0.05, 0.1) is 0 Å². The molecule has 0 amide bonds. The van der Waals surface area contributed by atoms with Gasteiger partial charge in [-0.2, -0.15) is 0 Å². The van der Waals surface area contributed by atoms with Crippen molar-refractivity contribution in [3.8, 4) is 0 Å². The highest BCUT2D eigenvalue weighted by molar-refractivity contribution is 5.65. The lowest BCUT2D eigenvalue weighted by Gasteiger charge is -2.01. The van der Waals surface area contributed by atoms with E-state index in [1.807, 2.05) is 0 Å². The van der Waals surface area contributed by atoms with Crippen molar-refractivity contribution in [3.05, 3.63) is 0 Å². The molecule has 0 radical (unpaired) electrons. The number of aliphatic carboxylic acids is 2. The van der Waals surface area contributed by atoms with Crippen LogP contribution in [-0.2, 0) is 9.59 Å². The highest BCUT2D eigenvalue weighted by atomic mass is 16.4. The second-order valence-corrected chi connectivity index (χ2v) is 3.66. The molecule has 0 spiro atoms. The molecule has 0 atom stereocenters. The number of unbranched alkanes of at least 4 members (excludes halogenated alkanes) is 4. The summed E-state index contributed by atoms with van der Waals surface area (Å²) >= 11 is 0. The molecule has 0 aromatic rings. The van der Waals surface area contributed by atoms with E-state index in [1.165, 1.54) is 25.7 Å². The molecule has 0 rings (SSSR count). The fourth-order valence-corrected chi connectivity index (χ4v) is 1.04. The van der Waals surface area contributed by atoms with Crippen LogP contribution in [0, 0.1) is 0 Å². The quantitative estimate of drug-likeness (QED) is 0.573. The van der Waals surface area contributed by atoms with E-state index in [0.717, 1.165) is 0 Å². The number of hydrogen-bond acceptors (Lipinski definition) is 4. The molecule has 0 bridgehead atoms. The number of carbonyl (C=O) groups excluding carboxylic acids is 2. The SMILES string of the molecule is CCCCCC.O=C([O-])CCCCC(=O)[O-]. The topological polar surface area (TPSA) is 80.3 Å². The molecule has 0 aliphatic rings. The maximum Gasteiger partial charge on any atom is 0.0414 e. The molecule has 0 aliphatic heterocycles. The molecule has 0 fully saturated rings. The average Bonchev–Trinajstić information content (AvgIpc) is 2.22. The van der Waals surface area contributed by atoms with Crippen LogP contribution in [0.3, 0.4) is 0 Å². The van der Waals surface area contributed by atoms with Gasteiger partial charge in [-0.15, -0.1) is 0 Å². The lowest BCUT2D eigenvalue weighted by atomic mass is 10.2. The van der Waals surface area contributed by atoms with Gasteiger partial charge >= 0.3 is 0 Å². The summed E-state index contributed by atoms with van der Waals surface area (Å²) < 4.78 is 0. The van der Waals surface area contributed by atoms with Gasteiger partial charge in [-0.25, -0.2) is 0 Å². The van der Waals surface area contributed by atoms with Crippen molar-refractivity contribution >= 4 is 11.9 Å². The molecule has 4 nitrogen and oxygen atoms in total. The van der Waals surface area contributed by atoms with E-state index in [-0.39, 0.29) is 12.8 Å². The number of carbonyl (C=O) groups is 2. The number of rotatable bonds is 8. The van der Waals surface area contributed by atoms with E-state index < -0.39 is 11.9 Å². The Balaban J connectivity index is 0. The minimum absolute atomic E-state index is 0.0761. The van der Waals surface area contributed by atoms with Crippen molar-refractivity contribution in [2.24, 2.45) is 0 Å². The lowest BCUT2D eigenvalue weighted by Crippen LogP contribution is -2.23. The first-order valence-electron chi connectivity index (χ1n) is 5.94. The van der Waals surface area contributed by atoms with Gasteiger partial charge in [0, 0.05) is 11.9 Å². The zero-order valence-corrected chi connectivity index (χ0v) is 10.3. The summed E-state index contributed by atoms with van der Waals surface area (Å²) in [6, 6.07) is 0. The molecule has 0 aromatic carbocycles. The van der Waals surface area contributed by atoms with Gasteiger partial charge in [0.2, 0.25) is 0 Å². The van der Waals surface area contributed by atoms with E-state index in [2.05, 4.69) is 13.8 Å².